The zero-order valence-electron chi connectivity index (χ0n) is 19.1. The van der Waals surface area contributed by atoms with Gasteiger partial charge in [0.2, 0.25) is 0 Å². The van der Waals surface area contributed by atoms with E-state index in [0.29, 0.717) is 12.1 Å². The molecule has 1 aliphatic rings. The largest absolute Gasteiger partial charge is 0.380 e. The van der Waals surface area contributed by atoms with Crippen molar-refractivity contribution in [1.29, 1.82) is 5.26 Å². The Kier molecular flexibility index (Phi) is 7.21. The summed E-state index contributed by atoms with van der Waals surface area (Å²) in [4.78, 5) is 5.64. The van der Waals surface area contributed by atoms with Gasteiger partial charge >= 0.3 is 0 Å². The molecule has 0 unspecified atom stereocenters. The van der Waals surface area contributed by atoms with Crippen LogP contribution in [-0.4, -0.2) is 11.2 Å². The highest BCUT2D eigenvalue weighted by Crippen LogP contribution is 2.29. The number of thiazole rings is 1. The highest BCUT2D eigenvalue weighted by atomic mass is 32.2. The first-order chi connectivity index (χ1) is 16.5. The first kappa shape index (κ1) is 23.4. The number of rotatable bonds is 7. The molecular formula is C27H25N5S2. The molecule has 2 aromatic carbocycles. The van der Waals surface area contributed by atoms with Crippen LogP contribution in [0.1, 0.15) is 28.5 Å². The summed E-state index contributed by atoms with van der Waals surface area (Å²) in [7, 11) is 0. The van der Waals surface area contributed by atoms with Crippen molar-refractivity contribution in [1.82, 2.24) is 15.0 Å². The zero-order chi connectivity index (χ0) is 24.1. The molecule has 0 amide bonds. The standard InChI is InChI=1S/C27H25N5S2/c1-17-11-23-10-9-22(13-26(23)31-19(3)25(12-17)32-33-4)18(2)29-15-24-16-30-27(34-24)21-7-5-20(14-28)6-8-21/h5-13,16,29,31-32H,2-3,15H2,1,4H3/b17-11-,25-12?. The number of allylic oxidation sites excluding steroid dienone is 2. The normalized spacial score (nSPS) is 14.3. The molecule has 0 spiro atoms. The predicted molar refractivity (Wildman–Crippen MR) is 146 cm³/mol. The predicted octanol–water partition coefficient (Wildman–Crippen LogP) is 6.54. The molecule has 0 saturated heterocycles. The Labute approximate surface area is 208 Å². The van der Waals surface area contributed by atoms with E-state index in [9.17, 15) is 0 Å². The maximum atomic E-state index is 8.97. The van der Waals surface area contributed by atoms with E-state index in [2.05, 4.69) is 76.8 Å². The molecule has 1 aromatic heterocycles. The van der Waals surface area contributed by atoms with Gasteiger partial charge in [0.05, 0.1) is 29.6 Å². The van der Waals surface area contributed by atoms with Gasteiger partial charge < -0.3 is 15.4 Å². The van der Waals surface area contributed by atoms with E-state index in [-0.39, 0.29) is 0 Å². The second-order valence-corrected chi connectivity index (χ2v) is 9.54. The Hall–Kier alpha value is -3.73. The van der Waals surface area contributed by atoms with Crippen LogP contribution in [0.4, 0.5) is 5.69 Å². The molecule has 5 nitrogen and oxygen atoms in total. The minimum absolute atomic E-state index is 0.632. The molecule has 3 N–H and O–H groups in total. The van der Waals surface area contributed by atoms with Crippen molar-refractivity contribution in [2.45, 2.75) is 13.5 Å². The first-order valence-electron chi connectivity index (χ1n) is 10.6. The summed E-state index contributed by atoms with van der Waals surface area (Å²) in [5.74, 6) is 0. The highest BCUT2D eigenvalue weighted by molar-refractivity contribution is 7.96. The number of anilines is 1. The molecule has 34 heavy (non-hydrogen) atoms. The fourth-order valence-corrected chi connectivity index (χ4v) is 4.78. The van der Waals surface area contributed by atoms with E-state index in [4.69, 9.17) is 5.26 Å². The number of nitrogens with zero attached hydrogens (tertiary/aromatic N) is 2. The van der Waals surface area contributed by atoms with Gasteiger partial charge in [0, 0.05) is 34.3 Å². The number of nitrogens with one attached hydrogen (secondary N) is 3. The third-order valence-electron chi connectivity index (χ3n) is 5.27. The maximum absolute atomic E-state index is 8.97. The molecule has 0 radical (unpaired) electrons. The molecular weight excluding hydrogens is 458 g/mol. The smallest absolute Gasteiger partial charge is 0.123 e. The summed E-state index contributed by atoms with van der Waals surface area (Å²) in [6.07, 6.45) is 8.11. The second-order valence-electron chi connectivity index (χ2n) is 7.81. The lowest BCUT2D eigenvalue weighted by Crippen LogP contribution is -2.14. The van der Waals surface area contributed by atoms with Crippen molar-refractivity contribution in [3.05, 3.63) is 106 Å². The van der Waals surface area contributed by atoms with E-state index < -0.39 is 0 Å². The molecule has 0 fully saturated rings. The summed E-state index contributed by atoms with van der Waals surface area (Å²) in [5.41, 5.74) is 8.50. The number of aromatic nitrogens is 1. The van der Waals surface area contributed by atoms with Crippen molar-refractivity contribution in [2.24, 2.45) is 0 Å². The second kappa shape index (κ2) is 10.5. The third-order valence-corrected chi connectivity index (χ3v) is 6.74. The van der Waals surface area contributed by atoms with Crippen LogP contribution in [0.3, 0.4) is 0 Å². The van der Waals surface area contributed by atoms with E-state index in [1.165, 1.54) is 11.9 Å². The van der Waals surface area contributed by atoms with Gasteiger partial charge in [0.15, 0.2) is 0 Å². The molecule has 0 bridgehead atoms. The summed E-state index contributed by atoms with van der Waals surface area (Å²) in [5, 5.41) is 16.8. The maximum Gasteiger partial charge on any atom is 0.123 e. The number of nitriles is 1. The van der Waals surface area contributed by atoms with Crippen LogP contribution in [0, 0.1) is 11.3 Å². The van der Waals surface area contributed by atoms with Gasteiger partial charge in [0.1, 0.15) is 5.01 Å². The fourth-order valence-electron chi connectivity index (χ4n) is 3.52. The molecule has 4 rings (SSSR count). The number of hydrogen-bond donors (Lipinski definition) is 3. The van der Waals surface area contributed by atoms with Crippen molar-refractivity contribution in [3.63, 3.8) is 0 Å². The minimum atomic E-state index is 0.632. The van der Waals surface area contributed by atoms with E-state index in [0.717, 1.165) is 54.9 Å². The molecule has 2 heterocycles. The van der Waals surface area contributed by atoms with Crippen LogP contribution in [-0.2, 0) is 6.54 Å². The average Bonchev–Trinajstić information content (AvgIpc) is 3.31. The Morgan fingerprint density at radius 3 is 2.74 bits per heavy atom. The quantitative estimate of drug-likeness (QED) is 0.332. The molecule has 170 valence electrons. The summed E-state index contributed by atoms with van der Waals surface area (Å²) in [6, 6.07) is 15.9. The van der Waals surface area contributed by atoms with Gasteiger partial charge in [-0.05, 0) is 54.0 Å². The van der Waals surface area contributed by atoms with Crippen molar-refractivity contribution in [2.75, 3.05) is 11.6 Å². The van der Waals surface area contributed by atoms with Crippen molar-refractivity contribution < 1.29 is 0 Å². The van der Waals surface area contributed by atoms with Crippen molar-refractivity contribution in [3.8, 4) is 16.6 Å². The zero-order valence-corrected chi connectivity index (χ0v) is 20.7. The molecule has 0 atom stereocenters. The molecule has 1 aliphatic heterocycles. The number of benzene rings is 2. The number of fused-ring (bicyclic) bond motifs is 1. The van der Waals surface area contributed by atoms with Gasteiger partial charge in [-0.15, -0.1) is 11.3 Å². The Bertz CT molecular complexity index is 1340. The van der Waals surface area contributed by atoms with Crippen LogP contribution < -0.4 is 15.4 Å². The first-order valence-corrected chi connectivity index (χ1v) is 12.7. The SMILES string of the molecule is C=C1Nc2cc(C(=C)NCc3cnc(-c4ccc(C#N)cc4)s3)ccc2/C=C(/C)C=C1NSC. The van der Waals surface area contributed by atoms with Gasteiger partial charge in [-0.25, -0.2) is 4.98 Å². The molecule has 3 aromatic rings. The topological polar surface area (TPSA) is 72.8 Å². The lowest BCUT2D eigenvalue weighted by atomic mass is 10.0. The summed E-state index contributed by atoms with van der Waals surface area (Å²) in [6.45, 7) is 11.2. The lowest BCUT2D eigenvalue weighted by molar-refractivity contribution is 0.906. The van der Waals surface area contributed by atoms with Crippen LogP contribution in [0.15, 0.2) is 84.9 Å². The third kappa shape index (κ3) is 5.42. The van der Waals surface area contributed by atoms with E-state index >= 15 is 0 Å². The van der Waals surface area contributed by atoms with Gasteiger partial charge in [-0.2, -0.15) is 5.26 Å². The van der Waals surface area contributed by atoms with Crippen LogP contribution in [0.25, 0.3) is 22.3 Å². The van der Waals surface area contributed by atoms with Crippen LogP contribution in [0.5, 0.6) is 0 Å². The van der Waals surface area contributed by atoms with Gasteiger partial charge in [-0.1, -0.05) is 49.4 Å². The Morgan fingerprint density at radius 2 is 2.00 bits per heavy atom. The van der Waals surface area contributed by atoms with Crippen LogP contribution in [0.2, 0.25) is 0 Å². The molecule has 7 heteroatoms. The summed E-state index contributed by atoms with van der Waals surface area (Å²) < 4.78 is 3.28. The highest BCUT2D eigenvalue weighted by Gasteiger charge is 2.12. The number of hydrogen-bond acceptors (Lipinski definition) is 7. The molecule has 0 aliphatic carbocycles. The van der Waals surface area contributed by atoms with E-state index in [1.807, 2.05) is 36.7 Å². The van der Waals surface area contributed by atoms with Crippen molar-refractivity contribution >= 4 is 40.7 Å². The van der Waals surface area contributed by atoms with E-state index in [1.54, 1.807) is 11.3 Å². The average molecular weight is 484 g/mol. The van der Waals surface area contributed by atoms with Gasteiger partial charge in [0.25, 0.3) is 0 Å². The van der Waals surface area contributed by atoms with Gasteiger partial charge in [-0.3, -0.25) is 0 Å². The summed E-state index contributed by atoms with van der Waals surface area (Å²) >= 11 is 3.16. The Balaban J connectivity index is 1.45. The monoisotopic (exact) mass is 483 g/mol. The lowest BCUT2D eigenvalue weighted by Gasteiger charge is -2.20. The molecule has 0 saturated carbocycles. The fraction of sp³-hybridized carbons (Fsp3) is 0.111. The van der Waals surface area contributed by atoms with Crippen LogP contribution >= 0.6 is 23.3 Å². The Morgan fingerprint density at radius 1 is 1.21 bits per heavy atom. The minimum Gasteiger partial charge on any atom is -0.380 e.